The predicted octanol–water partition coefficient (Wildman–Crippen LogP) is 4.07. The van der Waals surface area contributed by atoms with Gasteiger partial charge in [-0.15, -0.1) is 0 Å². The number of ketones is 1. The Balaban J connectivity index is 1.90. The van der Waals surface area contributed by atoms with Gasteiger partial charge in [0.15, 0.2) is 5.78 Å². The summed E-state index contributed by atoms with van der Waals surface area (Å²) in [7, 11) is 0. The fourth-order valence-electron chi connectivity index (χ4n) is 2.66. The van der Waals surface area contributed by atoms with E-state index < -0.39 is 0 Å². The number of benzene rings is 2. The zero-order chi connectivity index (χ0) is 13.2. The number of hydrogen-bond acceptors (Lipinski definition) is 1. The Kier molecular flexibility index (Phi) is 3.04. The quantitative estimate of drug-likeness (QED) is 0.591. The van der Waals surface area contributed by atoms with Crippen LogP contribution in [-0.2, 0) is 12.8 Å². The van der Waals surface area contributed by atoms with E-state index in [2.05, 4.69) is 12.6 Å². The second kappa shape index (κ2) is 4.85. The molecule has 0 radical (unpaired) electrons. The minimum absolute atomic E-state index is 0.0286. The second-order valence-corrected chi connectivity index (χ2v) is 5.01. The second-order valence-electron chi connectivity index (χ2n) is 5.01. The molecular formula is C18H16O. The van der Waals surface area contributed by atoms with Gasteiger partial charge in [-0.05, 0) is 42.0 Å². The average Bonchev–Trinajstić information content (AvgIpc) is 2.94. The van der Waals surface area contributed by atoms with Crippen molar-refractivity contribution in [2.75, 3.05) is 0 Å². The van der Waals surface area contributed by atoms with E-state index in [1.807, 2.05) is 42.5 Å². The van der Waals surface area contributed by atoms with E-state index in [9.17, 15) is 4.79 Å². The SMILES string of the molecule is C=C(C(=O)c1ccc2c(c1)CCC2)c1ccccc1. The van der Waals surface area contributed by atoms with Gasteiger partial charge >= 0.3 is 0 Å². The minimum Gasteiger partial charge on any atom is -0.289 e. The molecule has 1 aliphatic rings. The van der Waals surface area contributed by atoms with Gasteiger partial charge in [-0.2, -0.15) is 0 Å². The maximum atomic E-state index is 12.4. The van der Waals surface area contributed by atoms with Crippen LogP contribution in [0.2, 0.25) is 0 Å². The van der Waals surface area contributed by atoms with E-state index >= 15 is 0 Å². The molecule has 0 amide bonds. The van der Waals surface area contributed by atoms with Crippen molar-refractivity contribution in [3.8, 4) is 0 Å². The lowest BCUT2D eigenvalue weighted by Gasteiger charge is -2.07. The maximum Gasteiger partial charge on any atom is 0.193 e. The number of carbonyl (C=O) groups is 1. The Bertz CT molecular complexity index is 638. The molecule has 3 rings (SSSR count). The zero-order valence-corrected chi connectivity index (χ0v) is 10.9. The molecule has 1 aliphatic carbocycles. The molecular weight excluding hydrogens is 232 g/mol. The smallest absolute Gasteiger partial charge is 0.193 e. The Labute approximate surface area is 113 Å². The normalized spacial score (nSPS) is 13.1. The number of hydrogen-bond donors (Lipinski definition) is 0. The number of Topliss-reactive ketones (excluding diaryl/α,β-unsaturated/α-hetero) is 1. The third-order valence-electron chi connectivity index (χ3n) is 3.76. The molecule has 0 bridgehead atoms. The van der Waals surface area contributed by atoms with Crippen LogP contribution >= 0.6 is 0 Å². The fraction of sp³-hybridized carbons (Fsp3) is 0.167. The van der Waals surface area contributed by atoms with E-state index in [4.69, 9.17) is 0 Å². The van der Waals surface area contributed by atoms with Crippen LogP contribution < -0.4 is 0 Å². The van der Waals surface area contributed by atoms with Crippen LogP contribution in [-0.4, -0.2) is 5.78 Å². The van der Waals surface area contributed by atoms with Crippen molar-refractivity contribution in [1.29, 1.82) is 0 Å². The Morgan fingerprint density at radius 2 is 1.63 bits per heavy atom. The van der Waals surface area contributed by atoms with Gasteiger partial charge in [-0.3, -0.25) is 4.79 Å². The van der Waals surface area contributed by atoms with E-state index in [0.717, 1.165) is 24.0 Å². The lowest BCUT2D eigenvalue weighted by atomic mass is 9.96. The van der Waals surface area contributed by atoms with Gasteiger partial charge in [0.1, 0.15) is 0 Å². The molecule has 94 valence electrons. The first kappa shape index (κ1) is 11.9. The minimum atomic E-state index is 0.0286. The monoisotopic (exact) mass is 248 g/mol. The van der Waals surface area contributed by atoms with Crippen LogP contribution in [0.15, 0.2) is 55.1 Å². The lowest BCUT2D eigenvalue weighted by molar-refractivity contribution is 0.105. The van der Waals surface area contributed by atoms with Gasteiger partial charge in [0, 0.05) is 11.1 Å². The number of allylic oxidation sites excluding steroid dienone is 1. The highest BCUT2D eigenvalue weighted by atomic mass is 16.1. The summed E-state index contributed by atoms with van der Waals surface area (Å²) in [5, 5.41) is 0. The van der Waals surface area contributed by atoms with Crippen LogP contribution in [0.1, 0.15) is 33.5 Å². The Morgan fingerprint density at radius 3 is 2.42 bits per heavy atom. The molecule has 0 aromatic heterocycles. The third-order valence-corrected chi connectivity index (χ3v) is 3.76. The summed E-state index contributed by atoms with van der Waals surface area (Å²) in [5.41, 5.74) is 4.94. The Hall–Kier alpha value is -2.15. The zero-order valence-electron chi connectivity index (χ0n) is 10.9. The molecule has 1 nitrogen and oxygen atoms in total. The summed E-state index contributed by atoms with van der Waals surface area (Å²) in [6.45, 7) is 3.95. The first-order chi connectivity index (χ1) is 9.25. The topological polar surface area (TPSA) is 17.1 Å². The number of aryl methyl sites for hydroxylation is 2. The van der Waals surface area contributed by atoms with Crippen LogP contribution in [0.4, 0.5) is 0 Å². The van der Waals surface area contributed by atoms with Crippen LogP contribution in [0.5, 0.6) is 0 Å². The van der Waals surface area contributed by atoms with Crippen molar-refractivity contribution in [2.45, 2.75) is 19.3 Å². The predicted molar refractivity (Wildman–Crippen MR) is 78.3 cm³/mol. The van der Waals surface area contributed by atoms with Gasteiger partial charge in [0.05, 0.1) is 0 Å². The maximum absolute atomic E-state index is 12.4. The molecule has 0 N–H and O–H groups in total. The molecule has 0 heterocycles. The molecule has 19 heavy (non-hydrogen) atoms. The fourth-order valence-corrected chi connectivity index (χ4v) is 2.66. The van der Waals surface area contributed by atoms with Gasteiger partial charge in [-0.25, -0.2) is 0 Å². The van der Waals surface area contributed by atoms with E-state index in [0.29, 0.717) is 5.57 Å². The Morgan fingerprint density at radius 1 is 0.895 bits per heavy atom. The van der Waals surface area contributed by atoms with Crippen molar-refractivity contribution in [3.05, 3.63) is 77.4 Å². The van der Waals surface area contributed by atoms with Gasteiger partial charge in [0.25, 0.3) is 0 Å². The van der Waals surface area contributed by atoms with Gasteiger partial charge in [0.2, 0.25) is 0 Å². The summed E-state index contributed by atoms with van der Waals surface area (Å²) in [5.74, 6) is 0.0286. The molecule has 0 unspecified atom stereocenters. The van der Waals surface area contributed by atoms with Crippen molar-refractivity contribution in [2.24, 2.45) is 0 Å². The lowest BCUT2D eigenvalue weighted by Crippen LogP contribution is -2.02. The van der Waals surface area contributed by atoms with E-state index in [1.54, 1.807) is 0 Å². The molecule has 0 spiro atoms. The van der Waals surface area contributed by atoms with Crippen LogP contribution in [0, 0.1) is 0 Å². The molecule has 0 fully saturated rings. The van der Waals surface area contributed by atoms with Crippen LogP contribution in [0.25, 0.3) is 5.57 Å². The standard InChI is InChI=1S/C18H16O/c1-13(14-6-3-2-4-7-14)18(19)17-11-10-15-8-5-9-16(15)12-17/h2-4,6-7,10-12H,1,5,8-9H2. The van der Waals surface area contributed by atoms with E-state index in [-0.39, 0.29) is 5.78 Å². The molecule has 0 aliphatic heterocycles. The number of carbonyl (C=O) groups excluding carboxylic acids is 1. The summed E-state index contributed by atoms with van der Waals surface area (Å²) in [6.07, 6.45) is 3.43. The highest BCUT2D eigenvalue weighted by Gasteiger charge is 2.16. The molecule has 2 aromatic rings. The molecule has 2 aromatic carbocycles. The summed E-state index contributed by atoms with van der Waals surface area (Å²) in [6, 6.07) is 15.7. The average molecular weight is 248 g/mol. The van der Waals surface area contributed by atoms with Gasteiger partial charge < -0.3 is 0 Å². The highest BCUT2D eigenvalue weighted by Crippen LogP contribution is 2.25. The summed E-state index contributed by atoms with van der Waals surface area (Å²) >= 11 is 0. The highest BCUT2D eigenvalue weighted by molar-refractivity contribution is 6.28. The van der Waals surface area contributed by atoms with Crippen LogP contribution in [0.3, 0.4) is 0 Å². The van der Waals surface area contributed by atoms with Crippen molar-refractivity contribution < 1.29 is 4.79 Å². The van der Waals surface area contributed by atoms with Gasteiger partial charge in [-0.1, -0.05) is 49.0 Å². The third kappa shape index (κ3) is 2.24. The first-order valence-electron chi connectivity index (χ1n) is 6.66. The summed E-state index contributed by atoms with van der Waals surface area (Å²) < 4.78 is 0. The number of fused-ring (bicyclic) bond motifs is 1. The number of rotatable bonds is 3. The summed E-state index contributed by atoms with van der Waals surface area (Å²) in [4.78, 5) is 12.4. The molecule has 0 saturated carbocycles. The van der Waals surface area contributed by atoms with Crippen molar-refractivity contribution in [3.63, 3.8) is 0 Å². The largest absolute Gasteiger partial charge is 0.289 e. The van der Waals surface area contributed by atoms with E-state index in [1.165, 1.54) is 17.5 Å². The van der Waals surface area contributed by atoms with Crippen molar-refractivity contribution in [1.82, 2.24) is 0 Å². The molecule has 0 atom stereocenters. The molecule has 1 heteroatoms. The first-order valence-corrected chi connectivity index (χ1v) is 6.66. The molecule has 0 saturated heterocycles. The van der Waals surface area contributed by atoms with Crippen molar-refractivity contribution >= 4 is 11.4 Å².